The van der Waals surface area contributed by atoms with Crippen LogP contribution in [-0.2, 0) is 6.42 Å². The fourth-order valence-corrected chi connectivity index (χ4v) is 2.63. The Labute approximate surface area is 162 Å². The third kappa shape index (κ3) is 5.43. The molecule has 3 aromatic rings. The Bertz CT molecular complexity index is 916. The minimum absolute atomic E-state index is 0.275. The number of aromatic nitrogens is 2. The highest BCUT2D eigenvalue weighted by atomic mass is 35.5. The summed E-state index contributed by atoms with van der Waals surface area (Å²) in [6.45, 7) is 0.645. The summed E-state index contributed by atoms with van der Waals surface area (Å²) in [7, 11) is 1.64. The predicted molar refractivity (Wildman–Crippen MR) is 107 cm³/mol. The first-order valence-electron chi connectivity index (χ1n) is 8.41. The molecule has 2 N–H and O–H groups in total. The number of carbonyl (C=O) groups is 1. The van der Waals surface area contributed by atoms with E-state index in [1.54, 1.807) is 43.6 Å². The molecule has 0 aliphatic carbocycles. The molecule has 0 radical (unpaired) electrons. The van der Waals surface area contributed by atoms with Crippen molar-refractivity contribution >= 4 is 29.1 Å². The number of carbonyl (C=O) groups excluding carboxylic acids is 1. The van der Waals surface area contributed by atoms with Crippen LogP contribution in [0.2, 0.25) is 5.02 Å². The van der Waals surface area contributed by atoms with E-state index < -0.39 is 0 Å². The lowest BCUT2D eigenvalue weighted by Gasteiger charge is -2.08. The van der Waals surface area contributed by atoms with E-state index in [1.807, 2.05) is 24.3 Å². The molecule has 0 bridgehead atoms. The van der Waals surface area contributed by atoms with Gasteiger partial charge in [0.2, 0.25) is 5.95 Å². The maximum absolute atomic E-state index is 12.3. The monoisotopic (exact) mass is 382 g/mol. The van der Waals surface area contributed by atoms with Crippen LogP contribution in [-0.4, -0.2) is 29.5 Å². The molecule has 0 atom stereocenters. The fraction of sp³-hybridized carbons (Fsp3) is 0.150. The Morgan fingerprint density at radius 3 is 2.70 bits per heavy atom. The zero-order valence-electron chi connectivity index (χ0n) is 14.8. The quantitative estimate of drug-likeness (QED) is 0.644. The number of rotatable bonds is 7. The normalized spacial score (nSPS) is 10.3. The summed E-state index contributed by atoms with van der Waals surface area (Å²) in [4.78, 5) is 20.8. The molecule has 138 valence electrons. The summed E-state index contributed by atoms with van der Waals surface area (Å²) in [5.41, 5.74) is 2.05. The van der Waals surface area contributed by atoms with Crippen LogP contribution in [0.1, 0.15) is 16.1 Å². The average Bonchev–Trinajstić information content (AvgIpc) is 2.69. The first-order valence-corrected chi connectivity index (χ1v) is 8.78. The minimum atomic E-state index is -0.321. The van der Waals surface area contributed by atoms with E-state index in [4.69, 9.17) is 16.3 Å². The lowest BCUT2D eigenvalue weighted by molar-refractivity contribution is 0.102. The molecule has 0 saturated carbocycles. The SMILES string of the molecule is COc1ccc(CCNc2nccc(C(=O)Nc3cccc(Cl)c3)n2)cc1. The van der Waals surface area contributed by atoms with E-state index in [0.29, 0.717) is 23.2 Å². The Kier molecular flexibility index (Phi) is 6.22. The van der Waals surface area contributed by atoms with Crippen molar-refractivity contribution in [1.82, 2.24) is 9.97 Å². The van der Waals surface area contributed by atoms with Gasteiger partial charge in [0.25, 0.3) is 5.91 Å². The summed E-state index contributed by atoms with van der Waals surface area (Å²) >= 11 is 5.93. The van der Waals surface area contributed by atoms with E-state index in [9.17, 15) is 4.79 Å². The molecule has 0 aliphatic heterocycles. The van der Waals surface area contributed by atoms with Crippen molar-refractivity contribution in [2.75, 3.05) is 24.3 Å². The number of halogens is 1. The summed E-state index contributed by atoms with van der Waals surface area (Å²) in [6.07, 6.45) is 2.35. The number of nitrogens with zero attached hydrogens (tertiary/aromatic N) is 2. The molecule has 0 unspecified atom stereocenters. The van der Waals surface area contributed by atoms with Crippen LogP contribution in [0.3, 0.4) is 0 Å². The molecule has 7 heteroatoms. The standard InChI is InChI=1S/C20H19ClN4O2/c1-27-17-7-5-14(6-8-17)9-11-22-20-23-12-10-18(25-20)19(26)24-16-4-2-3-15(21)13-16/h2-8,10,12-13H,9,11H2,1H3,(H,24,26)(H,22,23,25). The number of hydrogen-bond donors (Lipinski definition) is 2. The number of anilines is 2. The zero-order chi connectivity index (χ0) is 19.1. The molecule has 0 spiro atoms. The minimum Gasteiger partial charge on any atom is -0.497 e. The largest absolute Gasteiger partial charge is 0.497 e. The maximum atomic E-state index is 12.3. The zero-order valence-corrected chi connectivity index (χ0v) is 15.5. The van der Waals surface area contributed by atoms with Crippen LogP contribution in [0.25, 0.3) is 0 Å². The smallest absolute Gasteiger partial charge is 0.274 e. The molecule has 0 fully saturated rings. The second-order valence-corrected chi connectivity index (χ2v) is 6.19. The molecule has 1 amide bonds. The van der Waals surface area contributed by atoms with E-state index in [2.05, 4.69) is 20.6 Å². The van der Waals surface area contributed by atoms with Crippen molar-refractivity contribution in [3.05, 3.63) is 77.1 Å². The van der Waals surface area contributed by atoms with Crippen molar-refractivity contribution in [1.29, 1.82) is 0 Å². The molecule has 2 aromatic carbocycles. The van der Waals surface area contributed by atoms with Crippen molar-refractivity contribution in [3.63, 3.8) is 0 Å². The fourth-order valence-electron chi connectivity index (χ4n) is 2.44. The highest BCUT2D eigenvalue weighted by Crippen LogP contribution is 2.16. The van der Waals surface area contributed by atoms with E-state index in [-0.39, 0.29) is 11.6 Å². The van der Waals surface area contributed by atoms with E-state index >= 15 is 0 Å². The van der Waals surface area contributed by atoms with Crippen LogP contribution in [0.5, 0.6) is 5.75 Å². The molecule has 27 heavy (non-hydrogen) atoms. The highest BCUT2D eigenvalue weighted by Gasteiger charge is 2.09. The van der Waals surface area contributed by atoms with Crippen LogP contribution in [0, 0.1) is 0 Å². The van der Waals surface area contributed by atoms with Gasteiger partial charge in [-0.15, -0.1) is 0 Å². The first kappa shape index (κ1) is 18.7. The van der Waals surface area contributed by atoms with E-state index in [1.165, 1.54) is 0 Å². The predicted octanol–water partition coefficient (Wildman–Crippen LogP) is 4.05. The van der Waals surface area contributed by atoms with Crippen LogP contribution in [0.4, 0.5) is 11.6 Å². The van der Waals surface area contributed by atoms with Gasteiger partial charge in [0.1, 0.15) is 11.4 Å². The second kappa shape index (κ2) is 9.00. The lowest BCUT2D eigenvalue weighted by Crippen LogP contribution is -2.16. The van der Waals surface area contributed by atoms with Gasteiger partial charge in [0, 0.05) is 23.5 Å². The Balaban J connectivity index is 1.57. The number of nitrogens with one attached hydrogen (secondary N) is 2. The third-order valence-corrected chi connectivity index (χ3v) is 4.06. The Morgan fingerprint density at radius 2 is 1.96 bits per heavy atom. The summed E-state index contributed by atoms with van der Waals surface area (Å²) < 4.78 is 5.15. The number of ether oxygens (including phenoxy) is 1. The summed E-state index contributed by atoms with van der Waals surface area (Å²) in [5, 5.41) is 6.45. The average molecular weight is 383 g/mol. The van der Waals surface area contributed by atoms with Gasteiger partial charge in [0.15, 0.2) is 0 Å². The molecular formula is C20H19ClN4O2. The maximum Gasteiger partial charge on any atom is 0.274 e. The van der Waals surface area contributed by atoms with Crippen LogP contribution in [0.15, 0.2) is 60.8 Å². The van der Waals surface area contributed by atoms with Gasteiger partial charge in [-0.1, -0.05) is 29.8 Å². The highest BCUT2D eigenvalue weighted by molar-refractivity contribution is 6.30. The van der Waals surface area contributed by atoms with Gasteiger partial charge in [-0.2, -0.15) is 0 Å². The summed E-state index contributed by atoms with van der Waals surface area (Å²) in [5.74, 6) is 0.911. The molecule has 0 saturated heterocycles. The van der Waals surface area contributed by atoms with Crippen LogP contribution >= 0.6 is 11.6 Å². The van der Waals surface area contributed by atoms with Gasteiger partial charge in [-0.05, 0) is 48.4 Å². The van der Waals surface area contributed by atoms with Gasteiger partial charge < -0.3 is 15.4 Å². The number of methoxy groups -OCH3 is 1. The van der Waals surface area contributed by atoms with Gasteiger partial charge in [-0.3, -0.25) is 4.79 Å². The van der Waals surface area contributed by atoms with Gasteiger partial charge >= 0.3 is 0 Å². The van der Waals surface area contributed by atoms with E-state index in [0.717, 1.165) is 17.7 Å². The molecule has 3 rings (SSSR count). The number of benzene rings is 2. The lowest BCUT2D eigenvalue weighted by atomic mass is 10.1. The van der Waals surface area contributed by atoms with Crippen molar-refractivity contribution in [3.8, 4) is 5.75 Å². The molecule has 1 heterocycles. The Hall–Kier alpha value is -3.12. The van der Waals surface area contributed by atoms with Crippen molar-refractivity contribution in [2.24, 2.45) is 0 Å². The number of hydrogen-bond acceptors (Lipinski definition) is 5. The molecule has 1 aromatic heterocycles. The molecular weight excluding hydrogens is 364 g/mol. The van der Waals surface area contributed by atoms with Crippen molar-refractivity contribution < 1.29 is 9.53 Å². The summed E-state index contributed by atoms with van der Waals surface area (Å²) in [6, 6.07) is 16.4. The van der Waals surface area contributed by atoms with Crippen LogP contribution < -0.4 is 15.4 Å². The first-order chi connectivity index (χ1) is 13.1. The van der Waals surface area contributed by atoms with Crippen molar-refractivity contribution in [2.45, 2.75) is 6.42 Å². The molecule has 0 aliphatic rings. The Morgan fingerprint density at radius 1 is 1.15 bits per heavy atom. The van der Waals surface area contributed by atoms with Gasteiger partial charge in [0.05, 0.1) is 7.11 Å². The second-order valence-electron chi connectivity index (χ2n) is 5.75. The van der Waals surface area contributed by atoms with Gasteiger partial charge in [-0.25, -0.2) is 9.97 Å². The third-order valence-electron chi connectivity index (χ3n) is 3.83. The number of amides is 1. The molecule has 6 nitrogen and oxygen atoms in total. The topological polar surface area (TPSA) is 76.1 Å².